The van der Waals surface area contributed by atoms with Crippen molar-refractivity contribution >= 4 is 10.0 Å². The third kappa shape index (κ3) is 3.16. The minimum Gasteiger partial charge on any atom is -0.271 e. The molecule has 0 saturated carbocycles. The summed E-state index contributed by atoms with van der Waals surface area (Å²) in [5.41, 5.74) is 1.44. The standard InChI is InChI=1S/C15H27N3O2S/c1-11-14(12(2)17(6)16-11)21(19,20)18-9-7-8-13(18)10-15(3,4)5/h13H,7-10H2,1-6H3/t13-/m0/s1. The Bertz CT molecular complexity index is 626. The molecule has 5 nitrogen and oxygen atoms in total. The molecule has 1 aliphatic heterocycles. The van der Waals surface area contributed by atoms with Crippen LogP contribution in [0.15, 0.2) is 4.90 Å². The van der Waals surface area contributed by atoms with Crippen LogP contribution in [0.3, 0.4) is 0 Å². The summed E-state index contributed by atoms with van der Waals surface area (Å²) in [6.45, 7) is 10.7. The minimum absolute atomic E-state index is 0.106. The van der Waals surface area contributed by atoms with Crippen molar-refractivity contribution in [1.82, 2.24) is 14.1 Å². The summed E-state index contributed by atoms with van der Waals surface area (Å²) in [5.74, 6) is 0. The van der Waals surface area contributed by atoms with Crippen LogP contribution in [0.1, 0.15) is 51.4 Å². The van der Waals surface area contributed by atoms with Gasteiger partial charge in [-0.3, -0.25) is 4.68 Å². The van der Waals surface area contributed by atoms with Crippen molar-refractivity contribution in [3.05, 3.63) is 11.4 Å². The Kier molecular flexibility index (Phi) is 4.23. The van der Waals surface area contributed by atoms with Gasteiger partial charge in [-0.1, -0.05) is 20.8 Å². The highest BCUT2D eigenvalue weighted by molar-refractivity contribution is 7.89. The monoisotopic (exact) mass is 313 g/mol. The molecule has 1 fully saturated rings. The SMILES string of the molecule is Cc1nn(C)c(C)c1S(=O)(=O)N1CCC[C@H]1CC(C)(C)C. The van der Waals surface area contributed by atoms with Crippen LogP contribution >= 0.6 is 0 Å². The quantitative estimate of drug-likeness (QED) is 0.862. The number of sulfonamides is 1. The molecule has 120 valence electrons. The van der Waals surface area contributed by atoms with Crippen LogP contribution in [0.4, 0.5) is 0 Å². The summed E-state index contributed by atoms with van der Waals surface area (Å²) in [6, 6.07) is 0.106. The van der Waals surface area contributed by atoms with Crippen LogP contribution in [0.5, 0.6) is 0 Å². The maximum atomic E-state index is 13.1. The lowest BCUT2D eigenvalue weighted by Crippen LogP contribution is -2.38. The van der Waals surface area contributed by atoms with Gasteiger partial charge in [0.05, 0.1) is 11.4 Å². The Morgan fingerprint density at radius 1 is 1.29 bits per heavy atom. The van der Waals surface area contributed by atoms with Crippen molar-refractivity contribution in [2.75, 3.05) is 6.54 Å². The van der Waals surface area contributed by atoms with Crippen LogP contribution in [0, 0.1) is 19.3 Å². The van der Waals surface area contributed by atoms with Crippen molar-refractivity contribution in [2.24, 2.45) is 12.5 Å². The summed E-state index contributed by atoms with van der Waals surface area (Å²) in [5, 5.41) is 4.26. The Morgan fingerprint density at radius 3 is 2.38 bits per heavy atom. The topological polar surface area (TPSA) is 55.2 Å². The second-order valence-corrected chi connectivity index (χ2v) is 9.13. The lowest BCUT2D eigenvalue weighted by Gasteiger charge is -2.29. The number of nitrogens with zero attached hydrogens (tertiary/aromatic N) is 3. The molecule has 1 saturated heterocycles. The highest BCUT2D eigenvalue weighted by atomic mass is 32.2. The van der Waals surface area contributed by atoms with E-state index < -0.39 is 10.0 Å². The molecule has 0 unspecified atom stereocenters. The van der Waals surface area contributed by atoms with Crippen molar-refractivity contribution in [1.29, 1.82) is 0 Å². The first-order valence-corrected chi connectivity index (χ1v) is 9.00. The van der Waals surface area contributed by atoms with E-state index in [1.54, 1.807) is 23.0 Å². The maximum Gasteiger partial charge on any atom is 0.246 e. The van der Waals surface area contributed by atoms with Crippen LogP contribution in [0.2, 0.25) is 0 Å². The summed E-state index contributed by atoms with van der Waals surface area (Å²) in [4.78, 5) is 0.394. The predicted octanol–water partition coefficient (Wildman–Crippen LogP) is 2.63. The zero-order valence-electron chi connectivity index (χ0n) is 14.0. The van der Waals surface area contributed by atoms with E-state index in [1.165, 1.54) is 0 Å². The number of aromatic nitrogens is 2. The summed E-state index contributed by atoms with van der Waals surface area (Å²) < 4.78 is 29.5. The van der Waals surface area contributed by atoms with Crippen LogP contribution in [0.25, 0.3) is 0 Å². The van der Waals surface area contributed by atoms with E-state index in [9.17, 15) is 8.42 Å². The van der Waals surface area contributed by atoms with Gasteiger partial charge in [0.15, 0.2) is 0 Å². The smallest absolute Gasteiger partial charge is 0.246 e. The molecule has 0 aromatic carbocycles. The first-order chi connectivity index (χ1) is 9.54. The molecule has 0 radical (unpaired) electrons. The summed E-state index contributed by atoms with van der Waals surface area (Å²) in [7, 11) is -1.66. The van der Waals surface area contributed by atoms with Crippen molar-refractivity contribution in [3.8, 4) is 0 Å². The van der Waals surface area contributed by atoms with E-state index in [2.05, 4.69) is 25.9 Å². The Labute approximate surface area is 128 Å². The van der Waals surface area contributed by atoms with Gasteiger partial charge in [-0.05, 0) is 38.5 Å². The first kappa shape index (κ1) is 16.5. The van der Waals surface area contributed by atoms with E-state index in [4.69, 9.17) is 0 Å². The molecule has 6 heteroatoms. The molecular formula is C15H27N3O2S. The first-order valence-electron chi connectivity index (χ1n) is 7.56. The average molecular weight is 313 g/mol. The number of aryl methyl sites for hydroxylation is 2. The highest BCUT2D eigenvalue weighted by Crippen LogP contribution is 2.35. The zero-order chi connectivity index (χ0) is 16.0. The van der Waals surface area contributed by atoms with Crippen LogP contribution in [-0.4, -0.2) is 35.1 Å². The lowest BCUT2D eigenvalue weighted by atomic mass is 9.88. The van der Waals surface area contributed by atoms with Gasteiger partial charge in [0.2, 0.25) is 10.0 Å². The van der Waals surface area contributed by atoms with Gasteiger partial charge in [-0.15, -0.1) is 0 Å². The normalized spacial score (nSPS) is 21.1. The Morgan fingerprint density at radius 2 is 1.90 bits per heavy atom. The Hall–Kier alpha value is -0.880. The second kappa shape index (κ2) is 5.39. The molecule has 1 aliphatic rings. The van der Waals surface area contributed by atoms with E-state index in [0.29, 0.717) is 22.8 Å². The van der Waals surface area contributed by atoms with E-state index in [-0.39, 0.29) is 11.5 Å². The van der Waals surface area contributed by atoms with Gasteiger partial charge in [0.25, 0.3) is 0 Å². The fourth-order valence-electron chi connectivity index (χ4n) is 3.28. The van der Waals surface area contributed by atoms with Gasteiger partial charge in [-0.2, -0.15) is 9.40 Å². The largest absolute Gasteiger partial charge is 0.271 e. The number of hydrogen-bond acceptors (Lipinski definition) is 3. The van der Waals surface area contributed by atoms with Gasteiger partial charge in [-0.25, -0.2) is 8.42 Å². The average Bonchev–Trinajstić information content (AvgIpc) is 2.83. The fraction of sp³-hybridized carbons (Fsp3) is 0.800. The minimum atomic E-state index is -3.45. The van der Waals surface area contributed by atoms with E-state index >= 15 is 0 Å². The predicted molar refractivity (Wildman–Crippen MR) is 83.7 cm³/mol. The van der Waals surface area contributed by atoms with Crippen LogP contribution < -0.4 is 0 Å². The number of hydrogen-bond donors (Lipinski definition) is 0. The highest BCUT2D eigenvalue weighted by Gasteiger charge is 2.39. The molecule has 0 aliphatic carbocycles. The summed E-state index contributed by atoms with van der Waals surface area (Å²) in [6.07, 6.45) is 2.79. The van der Waals surface area contributed by atoms with Gasteiger partial charge in [0.1, 0.15) is 4.90 Å². The number of rotatable bonds is 3. The second-order valence-electron chi connectivity index (χ2n) is 7.30. The molecule has 0 spiro atoms. The van der Waals surface area contributed by atoms with Gasteiger partial charge >= 0.3 is 0 Å². The molecule has 1 aromatic heterocycles. The molecule has 21 heavy (non-hydrogen) atoms. The molecule has 0 bridgehead atoms. The van der Waals surface area contributed by atoms with E-state index in [1.807, 2.05) is 6.92 Å². The van der Waals surface area contributed by atoms with Crippen LogP contribution in [-0.2, 0) is 17.1 Å². The zero-order valence-corrected chi connectivity index (χ0v) is 14.8. The van der Waals surface area contributed by atoms with Crippen molar-refractivity contribution < 1.29 is 8.42 Å². The molecule has 0 N–H and O–H groups in total. The molecule has 1 atom stereocenters. The van der Waals surface area contributed by atoms with Gasteiger partial charge < -0.3 is 0 Å². The lowest BCUT2D eigenvalue weighted by molar-refractivity contribution is 0.267. The molecule has 1 aromatic rings. The van der Waals surface area contributed by atoms with Crippen molar-refractivity contribution in [3.63, 3.8) is 0 Å². The molecular weight excluding hydrogens is 286 g/mol. The van der Waals surface area contributed by atoms with E-state index in [0.717, 1.165) is 19.3 Å². The third-order valence-electron chi connectivity index (χ3n) is 4.18. The Balaban J connectivity index is 2.39. The maximum absolute atomic E-state index is 13.1. The molecule has 0 amide bonds. The van der Waals surface area contributed by atoms with Gasteiger partial charge in [0, 0.05) is 19.6 Å². The fourth-order valence-corrected chi connectivity index (χ4v) is 5.38. The summed E-state index contributed by atoms with van der Waals surface area (Å²) >= 11 is 0. The molecule has 2 rings (SSSR count). The molecule has 2 heterocycles. The van der Waals surface area contributed by atoms with Crippen molar-refractivity contribution in [2.45, 2.75) is 64.8 Å². The third-order valence-corrected chi connectivity index (χ3v) is 6.39.